The monoisotopic (exact) mass is 365 g/mol. The van der Waals surface area contributed by atoms with Crippen molar-refractivity contribution in [3.63, 3.8) is 0 Å². The molecule has 26 heavy (non-hydrogen) atoms. The second-order valence-corrected chi connectivity index (χ2v) is 8.77. The lowest BCUT2D eigenvalue weighted by Gasteiger charge is -2.44. The van der Waals surface area contributed by atoms with Crippen molar-refractivity contribution in [2.45, 2.75) is 31.7 Å². The van der Waals surface area contributed by atoms with Crippen LogP contribution >= 0.6 is 11.3 Å². The maximum atomic E-state index is 12.8. The van der Waals surface area contributed by atoms with Crippen LogP contribution in [0.25, 0.3) is 10.9 Å². The highest BCUT2D eigenvalue weighted by Gasteiger charge is 2.42. The van der Waals surface area contributed by atoms with Crippen LogP contribution in [0.4, 0.5) is 0 Å². The average Bonchev–Trinajstić information content (AvgIpc) is 3.27. The van der Waals surface area contributed by atoms with Gasteiger partial charge < -0.3 is 15.2 Å². The van der Waals surface area contributed by atoms with Gasteiger partial charge in [-0.2, -0.15) is 0 Å². The first-order chi connectivity index (χ1) is 12.7. The molecule has 0 aliphatic carbocycles. The number of hydrogen-bond donors (Lipinski definition) is 2. The quantitative estimate of drug-likeness (QED) is 0.689. The fraction of sp³-hybridized carbons (Fsp3) is 0.381. The van der Waals surface area contributed by atoms with E-state index < -0.39 is 0 Å². The first kappa shape index (κ1) is 16.1. The largest absolute Gasteiger partial charge is 0.357 e. The smallest absolute Gasteiger partial charge is 0.263 e. The molecule has 1 spiro atoms. The Morgan fingerprint density at radius 2 is 1.96 bits per heavy atom. The number of H-pyrrole nitrogens is 1. The fourth-order valence-electron chi connectivity index (χ4n) is 4.61. The van der Waals surface area contributed by atoms with Crippen LogP contribution in [0.3, 0.4) is 0 Å². The molecule has 3 aromatic rings. The number of nitrogens with one attached hydrogen (secondary N) is 2. The van der Waals surface area contributed by atoms with Gasteiger partial charge in [-0.15, -0.1) is 11.3 Å². The summed E-state index contributed by atoms with van der Waals surface area (Å²) < 4.78 is 0. The third kappa shape index (κ3) is 2.42. The lowest BCUT2D eigenvalue weighted by Crippen LogP contribution is -2.55. The predicted molar refractivity (Wildman–Crippen MR) is 106 cm³/mol. The van der Waals surface area contributed by atoms with Crippen molar-refractivity contribution < 1.29 is 4.79 Å². The Morgan fingerprint density at radius 3 is 2.73 bits per heavy atom. The Kier molecular flexibility index (Phi) is 3.69. The van der Waals surface area contributed by atoms with Gasteiger partial charge in [0.1, 0.15) is 0 Å². The van der Waals surface area contributed by atoms with E-state index in [4.69, 9.17) is 0 Å². The number of aryl methyl sites for hydroxylation is 1. The zero-order valence-corrected chi connectivity index (χ0v) is 15.8. The summed E-state index contributed by atoms with van der Waals surface area (Å²) in [6, 6.07) is 12.6. The second kappa shape index (κ2) is 5.96. The molecule has 1 fully saturated rings. The summed E-state index contributed by atoms with van der Waals surface area (Å²) in [6.45, 7) is 4.66. The molecule has 4 nitrogen and oxygen atoms in total. The molecule has 2 aromatic heterocycles. The molecule has 2 N–H and O–H groups in total. The molecule has 1 aromatic carbocycles. The average molecular weight is 366 g/mol. The molecular weight excluding hydrogens is 342 g/mol. The third-order valence-corrected chi connectivity index (χ3v) is 6.97. The highest BCUT2D eigenvalue weighted by Crippen LogP contribution is 2.40. The van der Waals surface area contributed by atoms with Crippen LogP contribution in [0.2, 0.25) is 0 Å². The van der Waals surface area contributed by atoms with Gasteiger partial charge in [0.05, 0.1) is 10.4 Å². The van der Waals surface area contributed by atoms with Gasteiger partial charge >= 0.3 is 0 Å². The molecule has 4 heterocycles. The van der Waals surface area contributed by atoms with E-state index in [0.29, 0.717) is 0 Å². The number of carbonyl (C=O) groups excluding carboxylic acids is 1. The molecule has 0 saturated carbocycles. The SMILES string of the molecule is Cc1ccc(C(=O)N2CCC3(CC2)NCCc2c3[nH]c3ccccc23)s1. The molecule has 2 aliphatic heterocycles. The normalized spacial score (nSPS) is 19.0. The number of hydrogen-bond acceptors (Lipinski definition) is 3. The number of para-hydroxylation sites is 1. The molecule has 1 amide bonds. The number of nitrogens with zero attached hydrogens (tertiary/aromatic N) is 1. The molecular formula is C21H23N3OS. The number of fused-ring (bicyclic) bond motifs is 4. The second-order valence-electron chi connectivity index (χ2n) is 7.49. The fourth-order valence-corrected chi connectivity index (χ4v) is 5.44. The van der Waals surface area contributed by atoms with Crippen LogP contribution in [0.5, 0.6) is 0 Å². The van der Waals surface area contributed by atoms with Crippen LogP contribution in [0, 0.1) is 6.92 Å². The van der Waals surface area contributed by atoms with Gasteiger partial charge in [0.15, 0.2) is 0 Å². The van der Waals surface area contributed by atoms with Crippen molar-refractivity contribution in [2.75, 3.05) is 19.6 Å². The Hall–Kier alpha value is -2.11. The lowest BCUT2D eigenvalue weighted by atomic mass is 9.79. The van der Waals surface area contributed by atoms with Crippen molar-refractivity contribution >= 4 is 28.1 Å². The number of likely N-dealkylation sites (tertiary alicyclic amines) is 1. The molecule has 0 radical (unpaired) electrons. The van der Waals surface area contributed by atoms with Gasteiger partial charge in [0.25, 0.3) is 5.91 Å². The summed E-state index contributed by atoms with van der Waals surface area (Å²) in [7, 11) is 0. The van der Waals surface area contributed by atoms with E-state index in [0.717, 1.165) is 43.8 Å². The number of piperidine rings is 1. The van der Waals surface area contributed by atoms with Crippen LogP contribution < -0.4 is 5.32 Å². The predicted octanol–water partition coefficient (Wildman–Crippen LogP) is 3.82. The standard InChI is InChI=1S/C21H23N3OS/c1-14-6-7-18(26-14)20(25)24-12-9-21(10-13-24)19-16(8-11-22-21)15-4-2-3-5-17(15)23-19/h2-7,22-23H,8-13H2,1H3. The van der Waals surface area contributed by atoms with Crippen LogP contribution in [-0.2, 0) is 12.0 Å². The molecule has 2 aliphatic rings. The van der Waals surface area contributed by atoms with E-state index in [-0.39, 0.29) is 11.4 Å². The van der Waals surface area contributed by atoms with Gasteiger partial charge in [-0.25, -0.2) is 0 Å². The number of aromatic nitrogens is 1. The van der Waals surface area contributed by atoms with Crippen LogP contribution in [0.1, 0.15) is 38.6 Å². The topological polar surface area (TPSA) is 48.1 Å². The highest BCUT2D eigenvalue weighted by atomic mass is 32.1. The van der Waals surface area contributed by atoms with E-state index in [9.17, 15) is 4.79 Å². The van der Waals surface area contributed by atoms with Crippen molar-refractivity contribution in [1.82, 2.24) is 15.2 Å². The third-order valence-electron chi connectivity index (χ3n) is 5.99. The van der Waals surface area contributed by atoms with Crippen molar-refractivity contribution in [3.05, 3.63) is 57.4 Å². The van der Waals surface area contributed by atoms with Gasteiger partial charge in [-0.05, 0) is 49.9 Å². The molecule has 1 saturated heterocycles. The number of amides is 1. The van der Waals surface area contributed by atoms with Crippen molar-refractivity contribution in [2.24, 2.45) is 0 Å². The zero-order valence-electron chi connectivity index (χ0n) is 15.0. The van der Waals surface area contributed by atoms with E-state index >= 15 is 0 Å². The molecule has 5 rings (SSSR count). The first-order valence-corrected chi connectivity index (χ1v) is 10.2. The summed E-state index contributed by atoms with van der Waals surface area (Å²) in [6.07, 6.45) is 2.99. The number of carbonyl (C=O) groups is 1. The number of thiophene rings is 1. The Balaban J connectivity index is 1.42. The number of benzene rings is 1. The Morgan fingerprint density at radius 1 is 1.15 bits per heavy atom. The highest BCUT2D eigenvalue weighted by molar-refractivity contribution is 7.13. The molecule has 0 unspecified atom stereocenters. The minimum absolute atomic E-state index is 0.0191. The lowest BCUT2D eigenvalue weighted by molar-refractivity contribution is 0.0631. The zero-order chi connectivity index (χ0) is 17.7. The summed E-state index contributed by atoms with van der Waals surface area (Å²) in [5.41, 5.74) is 4.03. The molecule has 5 heteroatoms. The van der Waals surface area contributed by atoms with E-state index in [2.05, 4.69) is 41.5 Å². The number of aromatic amines is 1. The number of rotatable bonds is 1. The Labute approximate surface area is 157 Å². The van der Waals surface area contributed by atoms with Gasteiger partial charge in [-0.3, -0.25) is 4.79 Å². The minimum atomic E-state index is -0.0191. The maximum Gasteiger partial charge on any atom is 0.263 e. The minimum Gasteiger partial charge on any atom is -0.357 e. The summed E-state index contributed by atoms with van der Waals surface area (Å²) in [4.78, 5) is 20.5. The van der Waals surface area contributed by atoms with Crippen LogP contribution in [0.15, 0.2) is 36.4 Å². The molecule has 0 bridgehead atoms. The summed E-state index contributed by atoms with van der Waals surface area (Å²) in [5.74, 6) is 0.186. The van der Waals surface area contributed by atoms with E-state index in [1.54, 1.807) is 11.3 Å². The van der Waals surface area contributed by atoms with Gasteiger partial charge in [0.2, 0.25) is 0 Å². The summed E-state index contributed by atoms with van der Waals surface area (Å²) in [5, 5.41) is 5.15. The first-order valence-electron chi connectivity index (χ1n) is 9.37. The van der Waals surface area contributed by atoms with E-state index in [1.165, 1.54) is 27.0 Å². The maximum absolute atomic E-state index is 12.8. The summed E-state index contributed by atoms with van der Waals surface area (Å²) >= 11 is 1.60. The molecule has 134 valence electrons. The van der Waals surface area contributed by atoms with Crippen molar-refractivity contribution in [3.8, 4) is 0 Å². The van der Waals surface area contributed by atoms with Gasteiger partial charge in [0, 0.05) is 41.1 Å². The van der Waals surface area contributed by atoms with Gasteiger partial charge in [-0.1, -0.05) is 18.2 Å². The van der Waals surface area contributed by atoms with Crippen LogP contribution in [-0.4, -0.2) is 35.4 Å². The molecule has 0 atom stereocenters. The van der Waals surface area contributed by atoms with E-state index in [1.807, 2.05) is 17.0 Å². The van der Waals surface area contributed by atoms with Crippen molar-refractivity contribution in [1.29, 1.82) is 0 Å². The Bertz CT molecular complexity index is 978.